The van der Waals surface area contributed by atoms with Crippen LogP contribution in [0.4, 0.5) is 0 Å². The van der Waals surface area contributed by atoms with Gasteiger partial charge in [0.1, 0.15) is 11.6 Å². The number of nitrogens with zero attached hydrogens (tertiary/aromatic N) is 2. The average Bonchev–Trinajstić information content (AvgIpc) is 2.73. The molecule has 1 aromatic heterocycles. The smallest absolute Gasteiger partial charge is 0.121 e. The van der Waals surface area contributed by atoms with E-state index >= 15 is 0 Å². The number of ether oxygens (including phenoxy) is 1. The topological polar surface area (TPSA) is 27.1 Å². The van der Waals surface area contributed by atoms with Gasteiger partial charge in [-0.3, -0.25) is 0 Å². The molecular formula is C14H19ClN2O. The molecule has 2 aromatic rings. The lowest BCUT2D eigenvalue weighted by Gasteiger charge is -2.07. The average molecular weight is 267 g/mol. The van der Waals surface area contributed by atoms with E-state index in [4.69, 9.17) is 16.3 Å². The Kier molecular flexibility index (Phi) is 4.48. The van der Waals surface area contributed by atoms with Crippen molar-refractivity contribution in [2.24, 2.45) is 0 Å². The first-order valence-corrected chi connectivity index (χ1v) is 6.92. The molecule has 0 aliphatic heterocycles. The zero-order chi connectivity index (χ0) is 13.0. The number of fused-ring (bicyclic) bond motifs is 1. The Bertz CT molecular complexity index is 522. The Labute approximate surface area is 113 Å². The zero-order valence-electron chi connectivity index (χ0n) is 10.9. The standard InChI is InChI=1S/C14H19ClN2O/c1-3-4-9-17-13-6-5-11(18-2)10-12(13)16-14(17)7-8-15/h5-6,10H,3-4,7-9H2,1-2H3. The van der Waals surface area contributed by atoms with Crippen LogP contribution in [-0.2, 0) is 13.0 Å². The van der Waals surface area contributed by atoms with Crippen LogP contribution in [0.2, 0.25) is 0 Å². The van der Waals surface area contributed by atoms with Crippen molar-refractivity contribution in [3.05, 3.63) is 24.0 Å². The molecule has 0 bridgehead atoms. The first kappa shape index (κ1) is 13.2. The summed E-state index contributed by atoms with van der Waals surface area (Å²) in [6.07, 6.45) is 3.14. The molecule has 98 valence electrons. The van der Waals surface area contributed by atoms with Gasteiger partial charge in [0.25, 0.3) is 0 Å². The molecule has 4 heteroatoms. The van der Waals surface area contributed by atoms with Crippen molar-refractivity contribution in [1.82, 2.24) is 9.55 Å². The maximum Gasteiger partial charge on any atom is 0.121 e. The van der Waals surface area contributed by atoms with Crippen LogP contribution in [0.15, 0.2) is 18.2 Å². The Balaban J connectivity index is 2.45. The van der Waals surface area contributed by atoms with Gasteiger partial charge in [-0.2, -0.15) is 0 Å². The first-order valence-electron chi connectivity index (χ1n) is 6.39. The number of aromatic nitrogens is 2. The molecule has 0 N–H and O–H groups in total. The lowest BCUT2D eigenvalue weighted by atomic mass is 10.3. The number of benzene rings is 1. The number of unbranched alkanes of at least 4 members (excludes halogenated alkanes) is 1. The van der Waals surface area contributed by atoms with Crippen LogP contribution in [0, 0.1) is 0 Å². The van der Waals surface area contributed by atoms with Gasteiger partial charge in [0.2, 0.25) is 0 Å². The van der Waals surface area contributed by atoms with Crippen molar-refractivity contribution in [3.8, 4) is 5.75 Å². The third kappa shape index (κ3) is 2.61. The van der Waals surface area contributed by atoms with Crippen LogP contribution in [0.3, 0.4) is 0 Å². The van der Waals surface area contributed by atoms with E-state index in [1.165, 1.54) is 11.9 Å². The third-order valence-electron chi connectivity index (χ3n) is 3.09. The molecule has 0 aliphatic rings. The van der Waals surface area contributed by atoms with Gasteiger partial charge in [-0.1, -0.05) is 13.3 Å². The molecule has 1 heterocycles. The first-order chi connectivity index (χ1) is 8.80. The molecule has 0 aliphatic carbocycles. The lowest BCUT2D eigenvalue weighted by molar-refractivity contribution is 0.415. The zero-order valence-corrected chi connectivity index (χ0v) is 11.7. The second-order valence-electron chi connectivity index (χ2n) is 4.33. The molecule has 2 rings (SSSR count). The van der Waals surface area contributed by atoms with E-state index in [2.05, 4.69) is 22.5 Å². The second-order valence-corrected chi connectivity index (χ2v) is 4.70. The molecule has 0 spiro atoms. The van der Waals surface area contributed by atoms with Crippen LogP contribution >= 0.6 is 11.6 Å². The van der Waals surface area contributed by atoms with Crippen LogP contribution < -0.4 is 4.74 Å². The van der Waals surface area contributed by atoms with Crippen molar-refractivity contribution in [3.63, 3.8) is 0 Å². The highest BCUT2D eigenvalue weighted by Crippen LogP contribution is 2.22. The monoisotopic (exact) mass is 266 g/mol. The highest BCUT2D eigenvalue weighted by Gasteiger charge is 2.10. The summed E-state index contributed by atoms with van der Waals surface area (Å²) in [5, 5.41) is 0. The summed E-state index contributed by atoms with van der Waals surface area (Å²) in [5.74, 6) is 2.52. The fraction of sp³-hybridized carbons (Fsp3) is 0.500. The van der Waals surface area contributed by atoms with Gasteiger partial charge < -0.3 is 9.30 Å². The molecule has 3 nitrogen and oxygen atoms in total. The van der Waals surface area contributed by atoms with E-state index < -0.39 is 0 Å². The van der Waals surface area contributed by atoms with Crippen molar-refractivity contribution < 1.29 is 4.74 Å². The number of hydrogen-bond acceptors (Lipinski definition) is 2. The van der Waals surface area contributed by atoms with Gasteiger partial charge in [0, 0.05) is 24.9 Å². The Morgan fingerprint density at radius 1 is 1.39 bits per heavy atom. The van der Waals surface area contributed by atoms with Crippen molar-refractivity contribution >= 4 is 22.6 Å². The summed E-state index contributed by atoms with van der Waals surface area (Å²) in [7, 11) is 1.68. The quantitative estimate of drug-likeness (QED) is 0.747. The van der Waals surface area contributed by atoms with Gasteiger partial charge in [-0.05, 0) is 18.6 Å². The number of alkyl halides is 1. The minimum atomic E-state index is 0.604. The molecule has 0 atom stereocenters. The predicted molar refractivity (Wildman–Crippen MR) is 75.6 cm³/mol. The van der Waals surface area contributed by atoms with Crippen LogP contribution in [0.1, 0.15) is 25.6 Å². The van der Waals surface area contributed by atoms with E-state index in [1.54, 1.807) is 7.11 Å². The highest BCUT2D eigenvalue weighted by atomic mass is 35.5. The molecular weight excluding hydrogens is 248 g/mol. The largest absolute Gasteiger partial charge is 0.497 e. The molecule has 0 fully saturated rings. The molecule has 0 saturated carbocycles. The van der Waals surface area contributed by atoms with Crippen LogP contribution in [0.25, 0.3) is 11.0 Å². The van der Waals surface area contributed by atoms with E-state index in [-0.39, 0.29) is 0 Å². The number of imidazole rings is 1. The molecule has 1 aromatic carbocycles. The molecule has 18 heavy (non-hydrogen) atoms. The summed E-state index contributed by atoms with van der Waals surface area (Å²) >= 11 is 5.85. The van der Waals surface area contributed by atoms with Crippen molar-refractivity contribution in [2.75, 3.05) is 13.0 Å². The van der Waals surface area contributed by atoms with Gasteiger partial charge in [0.15, 0.2) is 0 Å². The van der Waals surface area contributed by atoms with Gasteiger partial charge >= 0.3 is 0 Å². The number of halogens is 1. The van der Waals surface area contributed by atoms with E-state index in [0.29, 0.717) is 5.88 Å². The van der Waals surface area contributed by atoms with Gasteiger partial charge in [-0.25, -0.2) is 4.98 Å². The van der Waals surface area contributed by atoms with E-state index in [0.717, 1.165) is 36.5 Å². The summed E-state index contributed by atoms with van der Waals surface area (Å²) in [6, 6.07) is 6.04. The van der Waals surface area contributed by atoms with Crippen LogP contribution in [0.5, 0.6) is 5.75 Å². The minimum absolute atomic E-state index is 0.604. The van der Waals surface area contributed by atoms with Gasteiger partial charge in [-0.15, -0.1) is 11.6 Å². The van der Waals surface area contributed by atoms with Crippen molar-refractivity contribution in [1.29, 1.82) is 0 Å². The van der Waals surface area contributed by atoms with E-state index in [9.17, 15) is 0 Å². The summed E-state index contributed by atoms with van der Waals surface area (Å²) < 4.78 is 7.52. The van der Waals surface area contributed by atoms with Crippen molar-refractivity contribution in [2.45, 2.75) is 32.7 Å². The Morgan fingerprint density at radius 2 is 2.22 bits per heavy atom. The summed E-state index contributed by atoms with van der Waals surface area (Å²) in [6.45, 7) is 3.20. The summed E-state index contributed by atoms with van der Waals surface area (Å²) in [5.41, 5.74) is 2.16. The predicted octanol–water partition coefficient (Wildman–Crippen LogP) is 3.63. The normalized spacial score (nSPS) is 11.1. The molecule has 0 unspecified atom stereocenters. The van der Waals surface area contributed by atoms with Crippen LogP contribution in [-0.4, -0.2) is 22.5 Å². The Morgan fingerprint density at radius 3 is 2.89 bits per heavy atom. The number of hydrogen-bond donors (Lipinski definition) is 0. The molecule has 0 amide bonds. The number of rotatable bonds is 6. The number of methoxy groups -OCH3 is 1. The minimum Gasteiger partial charge on any atom is -0.497 e. The molecule has 0 saturated heterocycles. The maximum absolute atomic E-state index is 5.85. The molecule has 0 radical (unpaired) electrons. The fourth-order valence-electron chi connectivity index (χ4n) is 2.13. The van der Waals surface area contributed by atoms with Gasteiger partial charge in [0.05, 0.1) is 18.1 Å². The van der Waals surface area contributed by atoms with E-state index in [1.807, 2.05) is 12.1 Å². The Hall–Kier alpha value is -1.22. The SMILES string of the molecule is CCCCn1c(CCCl)nc2cc(OC)ccc21. The highest BCUT2D eigenvalue weighted by molar-refractivity contribution is 6.17. The number of aryl methyl sites for hydroxylation is 2. The third-order valence-corrected chi connectivity index (χ3v) is 3.28. The second kappa shape index (κ2) is 6.10. The lowest BCUT2D eigenvalue weighted by Crippen LogP contribution is -2.04. The maximum atomic E-state index is 5.85. The fourth-order valence-corrected chi connectivity index (χ4v) is 2.30. The summed E-state index contributed by atoms with van der Waals surface area (Å²) in [4.78, 5) is 4.66.